The minimum absolute atomic E-state index is 0.257. The summed E-state index contributed by atoms with van der Waals surface area (Å²) in [5.74, 6) is 1.23. The number of benzene rings is 1. The predicted molar refractivity (Wildman–Crippen MR) is 97.8 cm³/mol. The number of halogens is 1. The molecule has 26 heavy (non-hydrogen) atoms. The number of carbonyl (C=O) groups is 1. The van der Waals surface area contributed by atoms with E-state index in [2.05, 4.69) is 20.5 Å². The molecule has 0 atom stereocenters. The standard InChI is InChI=1S/C19H23FN4O2/c20-16-3-5-17(6-4-16)26-12-9-22-19(25)23-14-15-7-8-21-18(13-15)24-10-1-2-11-24/h3-8,13H,1-2,9-12,14H2,(H2,22,23,25). The molecule has 7 heteroatoms. The number of nitrogens with zero attached hydrogens (tertiary/aromatic N) is 2. The smallest absolute Gasteiger partial charge is 0.315 e. The van der Waals surface area contributed by atoms with Crippen LogP contribution in [0.5, 0.6) is 5.75 Å². The molecule has 1 fully saturated rings. The zero-order valence-electron chi connectivity index (χ0n) is 14.6. The van der Waals surface area contributed by atoms with E-state index in [-0.39, 0.29) is 11.8 Å². The van der Waals surface area contributed by atoms with Crippen LogP contribution in [0.3, 0.4) is 0 Å². The quantitative estimate of drug-likeness (QED) is 0.747. The lowest BCUT2D eigenvalue weighted by molar-refractivity contribution is 0.236. The van der Waals surface area contributed by atoms with E-state index in [4.69, 9.17) is 4.74 Å². The second-order valence-corrected chi connectivity index (χ2v) is 6.13. The topological polar surface area (TPSA) is 66.5 Å². The van der Waals surface area contributed by atoms with Gasteiger partial charge in [-0.3, -0.25) is 0 Å². The molecule has 1 aromatic carbocycles. The third kappa shape index (κ3) is 5.34. The molecule has 3 rings (SSSR count). The Balaban J connectivity index is 1.36. The zero-order valence-corrected chi connectivity index (χ0v) is 14.6. The molecule has 6 nitrogen and oxygen atoms in total. The average Bonchev–Trinajstić information content (AvgIpc) is 3.20. The van der Waals surface area contributed by atoms with Crippen molar-refractivity contribution in [2.45, 2.75) is 19.4 Å². The number of hydrogen-bond acceptors (Lipinski definition) is 4. The van der Waals surface area contributed by atoms with Gasteiger partial charge < -0.3 is 20.3 Å². The number of urea groups is 1. The molecule has 1 aliphatic rings. The van der Waals surface area contributed by atoms with Crippen LogP contribution < -0.4 is 20.3 Å². The Bertz CT molecular complexity index is 718. The van der Waals surface area contributed by atoms with Gasteiger partial charge in [0, 0.05) is 25.8 Å². The fourth-order valence-corrected chi connectivity index (χ4v) is 2.80. The highest BCUT2D eigenvalue weighted by atomic mass is 19.1. The van der Waals surface area contributed by atoms with Crippen LogP contribution in [0.25, 0.3) is 0 Å². The normalized spacial score (nSPS) is 13.5. The molecule has 2 heterocycles. The number of nitrogens with one attached hydrogen (secondary N) is 2. The van der Waals surface area contributed by atoms with Crippen molar-refractivity contribution in [3.05, 3.63) is 54.0 Å². The molecule has 0 bridgehead atoms. The summed E-state index contributed by atoms with van der Waals surface area (Å²) in [6.45, 7) is 3.19. The Labute approximate surface area is 152 Å². The fourth-order valence-electron chi connectivity index (χ4n) is 2.80. The first kappa shape index (κ1) is 18.0. The molecule has 0 unspecified atom stereocenters. The Hall–Kier alpha value is -2.83. The Kier molecular flexibility index (Phi) is 6.24. The van der Waals surface area contributed by atoms with Gasteiger partial charge in [-0.2, -0.15) is 0 Å². The molecular formula is C19H23FN4O2. The summed E-state index contributed by atoms with van der Waals surface area (Å²) >= 11 is 0. The number of ether oxygens (including phenoxy) is 1. The summed E-state index contributed by atoms with van der Waals surface area (Å²) in [5, 5.41) is 5.55. The number of amides is 2. The van der Waals surface area contributed by atoms with Gasteiger partial charge in [-0.05, 0) is 54.8 Å². The third-order valence-corrected chi connectivity index (χ3v) is 4.16. The number of carbonyl (C=O) groups excluding carboxylic acids is 1. The van der Waals surface area contributed by atoms with Crippen LogP contribution in [0, 0.1) is 5.82 Å². The average molecular weight is 358 g/mol. The van der Waals surface area contributed by atoms with E-state index in [1.165, 1.54) is 25.0 Å². The van der Waals surface area contributed by atoms with E-state index >= 15 is 0 Å². The first-order chi connectivity index (χ1) is 12.7. The molecule has 0 radical (unpaired) electrons. The Morgan fingerprint density at radius 3 is 2.69 bits per heavy atom. The van der Waals surface area contributed by atoms with Crippen LogP contribution >= 0.6 is 0 Å². The summed E-state index contributed by atoms with van der Waals surface area (Å²) in [6, 6.07) is 9.43. The van der Waals surface area contributed by atoms with E-state index in [9.17, 15) is 9.18 Å². The van der Waals surface area contributed by atoms with Crippen molar-refractivity contribution in [2.75, 3.05) is 31.1 Å². The number of rotatable bonds is 7. The SMILES string of the molecule is O=C(NCCOc1ccc(F)cc1)NCc1ccnc(N2CCCC2)c1. The predicted octanol–water partition coefficient (Wildman–Crippen LogP) is 2.70. The number of anilines is 1. The van der Waals surface area contributed by atoms with Gasteiger partial charge in [0.05, 0.1) is 6.54 Å². The van der Waals surface area contributed by atoms with Gasteiger partial charge >= 0.3 is 6.03 Å². The highest BCUT2D eigenvalue weighted by Gasteiger charge is 2.13. The second kappa shape index (κ2) is 9.03. The monoisotopic (exact) mass is 358 g/mol. The maximum Gasteiger partial charge on any atom is 0.315 e. The van der Waals surface area contributed by atoms with E-state index in [0.29, 0.717) is 25.4 Å². The van der Waals surface area contributed by atoms with Crippen LogP contribution in [-0.2, 0) is 6.54 Å². The summed E-state index contributed by atoms with van der Waals surface area (Å²) in [5.41, 5.74) is 1.01. The van der Waals surface area contributed by atoms with Gasteiger partial charge in [0.1, 0.15) is 24.0 Å². The minimum Gasteiger partial charge on any atom is -0.492 e. The molecule has 138 valence electrons. The van der Waals surface area contributed by atoms with E-state index in [1.807, 2.05) is 12.1 Å². The molecule has 0 spiro atoms. The van der Waals surface area contributed by atoms with Gasteiger partial charge in [0.15, 0.2) is 0 Å². The van der Waals surface area contributed by atoms with Gasteiger partial charge in [-0.15, -0.1) is 0 Å². The number of aromatic nitrogens is 1. The van der Waals surface area contributed by atoms with Crippen molar-refractivity contribution in [1.29, 1.82) is 0 Å². The number of pyridine rings is 1. The summed E-state index contributed by atoms with van der Waals surface area (Å²) in [6.07, 6.45) is 4.18. The molecule has 1 saturated heterocycles. The third-order valence-electron chi connectivity index (χ3n) is 4.16. The van der Waals surface area contributed by atoms with Crippen LogP contribution in [0.15, 0.2) is 42.6 Å². The lowest BCUT2D eigenvalue weighted by Gasteiger charge is -2.17. The van der Waals surface area contributed by atoms with Crippen molar-refractivity contribution >= 4 is 11.8 Å². The van der Waals surface area contributed by atoms with Crippen molar-refractivity contribution in [3.63, 3.8) is 0 Å². The van der Waals surface area contributed by atoms with Gasteiger partial charge in [0.25, 0.3) is 0 Å². The largest absolute Gasteiger partial charge is 0.492 e. The maximum atomic E-state index is 12.8. The molecule has 0 saturated carbocycles. The molecule has 2 N–H and O–H groups in total. The molecule has 0 aliphatic carbocycles. The maximum absolute atomic E-state index is 12.8. The molecular weight excluding hydrogens is 335 g/mol. The molecule has 2 aromatic rings. The lowest BCUT2D eigenvalue weighted by atomic mass is 10.2. The van der Waals surface area contributed by atoms with Crippen LogP contribution in [0.4, 0.5) is 15.0 Å². The molecule has 1 aromatic heterocycles. The minimum atomic E-state index is -0.307. The van der Waals surface area contributed by atoms with Crippen LogP contribution in [-0.4, -0.2) is 37.3 Å². The first-order valence-electron chi connectivity index (χ1n) is 8.81. The number of hydrogen-bond donors (Lipinski definition) is 2. The van der Waals surface area contributed by atoms with Gasteiger partial charge in [0.2, 0.25) is 0 Å². The van der Waals surface area contributed by atoms with Gasteiger partial charge in [-0.25, -0.2) is 14.2 Å². The Morgan fingerprint density at radius 1 is 1.15 bits per heavy atom. The Morgan fingerprint density at radius 2 is 1.92 bits per heavy atom. The molecule has 1 aliphatic heterocycles. The summed E-state index contributed by atoms with van der Waals surface area (Å²) in [7, 11) is 0. The highest BCUT2D eigenvalue weighted by molar-refractivity contribution is 5.73. The lowest BCUT2D eigenvalue weighted by Crippen LogP contribution is -2.37. The van der Waals surface area contributed by atoms with Crippen molar-refractivity contribution < 1.29 is 13.9 Å². The van der Waals surface area contributed by atoms with Crippen molar-refractivity contribution in [1.82, 2.24) is 15.6 Å². The van der Waals surface area contributed by atoms with E-state index in [0.717, 1.165) is 24.5 Å². The van der Waals surface area contributed by atoms with E-state index in [1.54, 1.807) is 18.3 Å². The second-order valence-electron chi connectivity index (χ2n) is 6.13. The zero-order chi connectivity index (χ0) is 18.2. The first-order valence-corrected chi connectivity index (χ1v) is 8.81. The molecule has 2 amide bonds. The van der Waals surface area contributed by atoms with E-state index < -0.39 is 0 Å². The fraction of sp³-hybridized carbons (Fsp3) is 0.368. The van der Waals surface area contributed by atoms with Crippen LogP contribution in [0.1, 0.15) is 18.4 Å². The summed E-state index contributed by atoms with van der Waals surface area (Å²) < 4.78 is 18.2. The van der Waals surface area contributed by atoms with Crippen LogP contribution in [0.2, 0.25) is 0 Å². The van der Waals surface area contributed by atoms with Crippen molar-refractivity contribution in [3.8, 4) is 5.75 Å². The van der Waals surface area contributed by atoms with Gasteiger partial charge in [-0.1, -0.05) is 0 Å². The summed E-state index contributed by atoms with van der Waals surface area (Å²) in [4.78, 5) is 18.5. The highest BCUT2D eigenvalue weighted by Crippen LogP contribution is 2.18. The van der Waals surface area contributed by atoms with Crippen molar-refractivity contribution in [2.24, 2.45) is 0 Å².